The van der Waals surface area contributed by atoms with Crippen molar-refractivity contribution in [1.29, 1.82) is 0 Å². The lowest BCUT2D eigenvalue weighted by Gasteiger charge is -2.23. The first-order valence-corrected chi connectivity index (χ1v) is 8.13. The SMILES string of the molecule is CNC(=O)Cn1cc(NC2CCCc3sc(Cl)cc32)cn1. The molecule has 0 bridgehead atoms. The van der Waals surface area contributed by atoms with E-state index < -0.39 is 0 Å². The number of carbonyl (C=O) groups excluding carboxylic acids is 1. The molecule has 1 unspecified atom stereocenters. The number of aryl methyl sites for hydroxylation is 1. The molecule has 7 heteroatoms. The van der Waals surface area contributed by atoms with E-state index in [-0.39, 0.29) is 18.5 Å². The molecule has 0 fully saturated rings. The lowest BCUT2D eigenvalue weighted by Crippen LogP contribution is -2.23. The number of hydrogen-bond acceptors (Lipinski definition) is 4. The summed E-state index contributed by atoms with van der Waals surface area (Å²) in [5.41, 5.74) is 2.23. The van der Waals surface area contributed by atoms with Crippen molar-refractivity contribution in [3.05, 3.63) is 33.2 Å². The maximum atomic E-state index is 11.3. The van der Waals surface area contributed by atoms with Crippen molar-refractivity contribution in [2.24, 2.45) is 0 Å². The van der Waals surface area contributed by atoms with Crippen molar-refractivity contribution in [3.63, 3.8) is 0 Å². The van der Waals surface area contributed by atoms with Gasteiger partial charge in [0.25, 0.3) is 0 Å². The summed E-state index contributed by atoms with van der Waals surface area (Å²) < 4.78 is 2.48. The van der Waals surface area contributed by atoms with Gasteiger partial charge in [0, 0.05) is 18.1 Å². The van der Waals surface area contributed by atoms with E-state index in [2.05, 4.69) is 21.8 Å². The molecular weight excluding hydrogens is 308 g/mol. The maximum absolute atomic E-state index is 11.3. The average molecular weight is 325 g/mol. The van der Waals surface area contributed by atoms with Crippen LogP contribution in [0.4, 0.5) is 5.69 Å². The minimum atomic E-state index is -0.0609. The van der Waals surface area contributed by atoms with Gasteiger partial charge in [-0.3, -0.25) is 9.48 Å². The summed E-state index contributed by atoms with van der Waals surface area (Å²) in [5.74, 6) is -0.0609. The van der Waals surface area contributed by atoms with Crippen molar-refractivity contribution < 1.29 is 4.79 Å². The zero-order chi connectivity index (χ0) is 14.8. The fourth-order valence-electron chi connectivity index (χ4n) is 2.62. The standard InChI is InChI=1S/C14H17ClN4OS/c1-16-14(20)8-19-7-9(6-17-19)18-11-3-2-4-12-10(11)5-13(15)21-12/h5-7,11,18H,2-4,8H2,1H3,(H,16,20). The molecule has 112 valence electrons. The Balaban J connectivity index is 1.71. The molecular formula is C14H17ClN4OS. The molecule has 1 aliphatic rings. The van der Waals surface area contributed by atoms with Crippen LogP contribution in [0.15, 0.2) is 18.5 Å². The first kappa shape index (κ1) is 14.4. The number of thiophene rings is 1. The fourth-order valence-corrected chi connectivity index (χ4v) is 4.01. The molecule has 21 heavy (non-hydrogen) atoms. The van der Waals surface area contributed by atoms with Crippen LogP contribution in [0.25, 0.3) is 0 Å². The van der Waals surface area contributed by atoms with E-state index in [0.717, 1.165) is 29.3 Å². The molecule has 0 aromatic carbocycles. The molecule has 0 saturated carbocycles. The Kier molecular flexibility index (Phi) is 4.17. The molecule has 1 aliphatic carbocycles. The predicted octanol–water partition coefficient (Wildman–Crippen LogP) is 2.83. The highest BCUT2D eigenvalue weighted by Crippen LogP contribution is 2.39. The fraction of sp³-hybridized carbons (Fsp3) is 0.429. The van der Waals surface area contributed by atoms with Gasteiger partial charge in [-0.2, -0.15) is 5.10 Å². The van der Waals surface area contributed by atoms with Gasteiger partial charge in [-0.15, -0.1) is 11.3 Å². The molecule has 3 rings (SSSR count). The monoisotopic (exact) mass is 324 g/mol. The van der Waals surface area contributed by atoms with Crippen LogP contribution in [-0.2, 0) is 17.8 Å². The van der Waals surface area contributed by atoms with E-state index >= 15 is 0 Å². The number of nitrogens with zero attached hydrogens (tertiary/aromatic N) is 2. The lowest BCUT2D eigenvalue weighted by atomic mass is 9.94. The lowest BCUT2D eigenvalue weighted by molar-refractivity contribution is -0.121. The smallest absolute Gasteiger partial charge is 0.241 e. The first-order valence-electron chi connectivity index (χ1n) is 6.93. The molecule has 0 saturated heterocycles. The van der Waals surface area contributed by atoms with Crippen molar-refractivity contribution in [2.75, 3.05) is 12.4 Å². The van der Waals surface area contributed by atoms with Gasteiger partial charge in [-0.05, 0) is 30.9 Å². The quantitative estimate of drug-likeness (QED) is 0.909. The predicted molar refractivity (Wildman–Crippen MR) is 84.9 cm³/mol. The minimum Gasteiger partial charge on any atom is -0.376 e. The largest absolute Gasteiger partial charge is 0.376 e. The summed E-state index contributed by atoms with van der Waals surface area (Å²) in [6.07, 6.45) is 6.97. The van der Waals surface area contributed by atoms with Crippen LogP contribution in [-0.4, -0.2) is 22.7 Å². The number of fused-ring (bicyclic) bond motifs is 1. The number of anilines is 1. The summed E-state index contributed by atoms with van der Waals surface area (Å²) in [7, 11) is 1.62. The molecule has 1 atom stereocenters. The van der Waals surface area contributed by atoms with Crippen LogP contribution < -0.4 is 10.6 Å². The number of rotatable bonds is 4. The molecule has 0 aliphatic heterocycles. The summed E-state index contributed by atoms with van der Waals surface area (Å²) in [5, 5.41) is 10.3. The van der Waals surface area contributed by atoms with Gasteiger partial charge in [0.15, 0.2) is 0 Å². The molecule has 0 radical (unpaired) electrons. The molecule has 2 heterocycles. The highest BCUT2D eigenvalue weighted by Gasteiger charge is 2.23. The van der Waals surface area contributed by atoms with Crippen LogP contribution >= 0.6 is 22.9 Å². The zero-order valence-electron chi connectivity index (χ0n) is 11.7. The van der Waals surface area contributed by atoms with Crippen LogP contribution in [0.3, 0.4) is 0 Å². The summed E-state index contributed by atoms with van der Waals surface area (Å²) in [4.78, 5) is 12.7. The number of carbonyl (C=O) groups is 1. The van der Waals surface area contributed by atoms with E-state index in [0.29, 0.717) is 0 Å². The van der Waals surface area contributed by atoms with Crippen LogP contribution in [0.2, 0.25) is 4.34 Å². The number of aromatic nitrogens is 2. The Morgan fingerprint density at radius 2 is 2.48 bits per heavy atom. The second-order valence-electron chi connectivity index (χ2n) is 5.12. The number of halogens is 1. The van der Waals surface area contributed by atoms with E-state index in [9.17, 15) is 4.79 Å². The molecule has 0 spiro atoms. The van der Waals surface area contributed by atoms with Gasteiger partial charge >= 0.3 is 0 Å². The normalized spacial score (nSPS) is 17.3. The second kappa shape index (κ2) is 6.07. The third kappa shape index (κ3) is 3.22. The van der Waals surface area contributed by atoms with Crippen molar-refractivity contribution in [2.45, 2.75) is 31.8 Å². The third-order valence-electron chi connectivity index (χ3n) is 3.64. The van der Waals surface area contributed by atoms with Crippen molar-refractivity contribution in [1.82, 2.24) is 15.1 Å². The molecule has 2 aromatic rings. The molecule has 1 amide bonds. The molecule has 2 N–H and O–H groups in total. The van der Waals surface area contributed by atoms with Gasteiger partial charge in [-0.25, -0.2) is 0 Å². The summed E-state index contributed by atoms with van der Waals surface area (Å²) in [6, 6.07) is 2.34. The van der Waals surface area contributed by atoms with E-state index in [1.54, 1.807) is 29.3 Å². The third-order valence-corrected chi connectivity index (χ3v) is 4.98. The molecule has 2 aromatic heterocycles. The molecule has 5 nitrogen and oxygen atoms in total. The number of hydrogen-bond donors (Lipinski definition) is 2. The zero-order valence-corrected chi connectivity index (χ0v) is 13.3. The van der Waals surface area contributed by atoms with Crippen molar-refractivity contribution >= 4 is 34.5 Å². The van der Waals surface area contributed by atoms with Gasteiger partial charge < -0.3 is 10.6 Å². The Morgan fingerprint density at radius 1 is 1.62 bits per heavy atom. The van der Waals surface area contributed by atoms with Crippen molar-refractivity contribution in [3.8, 4) is 0 Å². The van der Waals surface area contributed by atoms with Crippen LogP contribution in [0.5, 0.6) is 0 Å². The highest BCUT2D eigenvalue weighted by atomic mass is 35.5. The summed E-state index contributed by atoms with van der Waals surface area (Å²) >= 11 is 7.80. The number of amides is 1. The van der Waals surface area contributed by atoms with Gasteiger partial charge in [0.2, 0.25) is 5.91 Å². The van der Waals surface area contributed by atoms with E-state index in [1.807, 2.05) is 6.20 Å². The summed E-state index contributed by atoms with van der Waals surface area (Å²) in [6.45, 7) is 0.234. The van der Waals surface area contributed by atoms with Gasteiger partial charge in [-0.1, -0.05) is 11.6 Å². The van der Waals surface area contributed by atoms with Gasteiger partial charge in [0.1, 0.15) is 6.54 Å². The Bertz CT molecular complexity index is 651. The highest BCUT2D eigenvalue weighted by molar-refractivity contribution is 7.16. The number of likely N-dealkylation sites (N-methyl/N-ethyl adjacent to an activating group) is 1. The second-order valence-corrected chi connectivity index (χ2v) is 6.89. The van der Waals surface area contributed by atoms with Gasteiger partial charge in [0.05, 0.1) is 22.3 Å². The number of nitrogens with one attached hydrogen (secondary N) is 2. The average Bonchev–Trinajstić information content (AvgIpc) is 3.05. The Morgan fingerprint density at radius 3 is 3.29 bits per heavy atom. The Labute approximate surface area is 132 Å². The van der Waals surface area contributed by atoms with Crippen LogP contribution in [0, 0.1) is 0 Å². The topological polar surface area (TPSA) is 59.0 Å². The minimum absolute atomic E-state index is 0.0609. The first-order chi connectivity index (χ1) is 10.2. The van der Waals surface area contributed by atoms with E-state index in [1.165, 1.54) is 10.4 Å². The maximum Gasteiger partial charge on any atom is 0.241 e. The van der Waals surface area contributed by atoms with Crippen LogP contribution in [0.1, 0.15) is 29.3 Å². The van der Waals surface area contributed by atoms with E-state index in [4.69, 9.17) is 11.6 Å². The Hall–Kier alpha value is -1.53.